The van der Waals surface area contributed by atoms with E-state index in [-0.39, 0.29) is 17.5 Å². The molecule has 5 nitrogen and oxygen atoms in total. The highest BCUT2D eigenvalue weighted by Gasteiger charge is 2.45. The lowest BCUT2D eigenvalue weighted by Crippen LogP contribution is -2.43. The molecule has 0 aromatic carbocycles. The third-order valence-electron chi connectivity index (χ3n) is 8.32. The van der Waals surface area contributed by atoms with Crippen LogP contribution in [0, 0.1) is 17.2 Å². The third-order valence-corrected chi connectivity index (χ3v) is 8.32. The number of aryl methyl sites for hydroxylation is 1. The van der Waals surface area contributed by atoms with Crippen molar-refractivity contribution in [3.63, 3.8) is 0 Å². The molecule has 0 amide bonds. The summed E-state index contributed by atoms with van der Waals surface area (Å²) < 4.78 is 6.44. The summed E-state index contributed by atoms with van der Waals surface area (Å²) in [5.74, 6) is 0.870. The molecule has 2 saturated heterocycles. The second-order valence-electron chi connectivity index (χ2n) is 10.2. The zero-order valence-electron chi connectivity index (χ0n) is 19.3. The largest absolute Gasteiger partial charge is 0.476 e. The number of allylic oxidation sites excluding steroid dienone is 2. The first-order valence-electron chi connectivity index (χ1n) is 12.7. The molecule has 5 aliphatic rings. The summed E-state index contributed by atoms with van der Waals surface area (Å²) in [5.41, 5.74) is 6.47. The summed E-state index contributed by atoms with van der Waals surface area (Å²) in [7, 11) is 0. The molecule has 4 heterocycles. The molecular weight excluding hydrogens is 408 g/mol. The van der Waals surface area contributed by atoms with Crippen molar-refractivity contribution in [2.24, 2.45) is 10.9 Å². The Kier molecular flexibility index (Phi) is 5.42. The minimum Gasteiger partial charge on any atom is -0.476 e. The van der Waals surface area contributed by atoms with E-state index in [0.717, 1.165) is 18.4 Å². The standard InChI is InChI=1S/C28H32N4O/c29-12-9-22-15-21-8-7-20(25-18-30-17-23-5-1-2-6-24(23)25)16-26(21)31-27(22)33-19-28-10-3-13-32(28)14-4-11-28/h7-8,15-18,21,26H,1-6,9-11,13-14,19H2. The molecular formula is C28H32N4O. The van der Waals surface area contributed by atoms with E-state index in [1.165, 1.54) is 73.9 Å². The normalized spacial score (nSPS) is 27.5. The molecule has 0 radical (unpaired) electrons. The SMILES string of the molecule is N#CCC1=CC2C=CC(c3cncc4c3CCCC4)=CC2N=C1OCC12CCCN1CCC2. The zero-order valence-corrected chi connectivity index (χ0v) is 19.3. The maximum atomic E-state index is 9.42. The van der Waals surface area contributed by atoms with Gasteiger partial charge in [-0.3, -0.25) is 9.88 Å². The van der Waals surface area contributed by atoms with Gasteiger partial charge >= 0.3 is 0 Å². The second-order valence-corrected chi connectivity index (χ2v) is 10.2. The Bertz CT molecular complexity index is 1100. The summed E-state index contributed by atoms with van der Waals surface area (Å²) >= 11 is 0. The van der Waals surface area contributed by atoms with Gasteiger partial charge in [0.05, 0.1) is 24.1 Å². The molecule has 1 aromatic rings. The average molecular weight is 441 g/mol. The Balaban J connectivity index is 1.28. The van der Waals surface area contributed by atoms with Crippen molar-refractivity contribution < 1.29 is 4.74 Å². The summed E-state index contributed by atoms with van der Waals surface area (Å²) in [5, 5.41) is 9.42. The number of rotatable bonds is 4. The van der Waals surface area contributed by atoms with Crippen molar-refractivity contribution >= 4 is 11.5 Å². The van der Waals surface area contributed by atoms with Gasteiger partial charge in [-0.1, -0.05) is 24.3 Å². The van der Waals surface area contributed by atoms with Crippen LogP contribution in [0.4, 0.5) is 0 Å². The van der Waals surface area contributed by atoms with Gasteiger partial charge in [-0.15, -0.1) is 0 Å². The topological polar surface area (TPSA) is 61.5 Å². The van der Waals surface area contributed by atoms with Crippen LogP contribution in [0.25, 0.3) is 5.57 Å². The highest BCUT2D eigenvalue weighted by Crippen LogP contribution is 2.40. The van der Waals surface area contributed by atoms with Crippen molar-refractivity contribution in [3.05, 3.63) is 59.0 Å². The number of ether oxygens (including phenoxy) is 1. The third kappa shape index (κ3) is 3.75. The smallest absolute Gasteiger partial charge is 0.213 e. The highest BCUT2D eigenvalue weighted by molar-refractivity contribution is 5.95. The molecule has 0 N–H and O–H groups in total. The molecule has 0 saturated carbocycles. The van der Waals surface area contributed by atoms with Crippen LogP contribution >= 0.6 is 0 Å². The molecule has 0 spiro atoms. The molecule has 6 rings (SSSR count). The van der Waals surface area contributed by atoms with Crippen molar-refractivity contribution in [2.45, 2.75) is 69.4 Å². The van der Waals surface area contributed by atoms with E-state index in [4.69, 9.17) is 9.73 Å². The van der Waals surface area contributed by atoms with E-state index >= 15 is 0 Å². The van der Waals surface area contributed by atoms with Crippen molar-refractivity contribution in [3.8, 4) is 6.07 Å². The van der Waals surface area contributed by atoms with Crippen LogP contribution in [0.5, 0.6) is 0 Å². The first-order chi connectivity index (χ1) is 16.3. The fraction of sp³-hybridized carbons (Fsp3) is 0.536. The van der Waals surface area contributed by atoms with E-state index in [0.29, 0.717) is 18.9 Å². The monoisotopic (exact) mass is 440 g/mol. The van der Waals surface area contributed by atoms with Crippen LogP contribution in [0.1, 0.15) is 61.6 Å². The number of nitrogens with zero attached hydrogens (tertiary/aromatic N) is 4. The van der Waals surface area contributed by atoms with Gasteiger partial charge in [-0.2, -0.15) is 5.26 Å². The number of pyridine rings is 1. The zero-order chi connectivity index (χ0) is 22.3. The van der Waals surface area contributed by atoms with Crippen LogP contribution in [-0.4, -0.2) is 47.1 Å². The first kappa shape index (κ1) is 20.9. The predicted octanol–water partition coefficient (Wildman–Crippen LogP) is 4.80. The minimum absolute atomic E-state index is 0.0163. The maximum Gasteiger partial charge on any atom is 0.213 e. The fourth-order valence-electron chi connectivity index (χ4n) is 6.58. The molecule has 2 unspecified atom stereocenters. The Morgan fingerprint density at radius 3 is 2.79 bits per heavy atom. The van der Waals surface area contributed by atoms with Gasteiger partial charge in [-0.25, -0.2) is 4.99 Å². The number of nitriles is 1. The molecule has 2 aliphatic carbocycles. The summed E-state index contributed by atoms with van der Waals surface area (Å²) in [6, 6.07) is 2.33. The lowest BCUT2D eigenvalue weighted by Gasteiger charge is -2.33. The number of aromatic nitrogens is 1. The van der Waals surface area contributed by atoms with Gasteiger partial charge in [-0.05, 0) is 81.2 Å². The lowest BCUT2D eigenvalue weighted by molar-refractivity contribution is 0.106. The van der Waals surface area contributed by atoms with E-state index in [9.17, 15) is 5.26 Å². The van der Waals surface area contributed by atoms with Crippen molar-refractivity contribution in [2.75, 3.05) is 19.7 Å². The number of hydrogen-bond acceptors (Lipinski definition) is 5. The maximum absolute atomic E-state index is 9.42. The van der Waals surface area contributed by atoms with E-state index < -0.39 is 0 Å². The Morgan fingerprint density at radius 2 is 1.94 bits per heavy atom. The summed E-state index contributed by atoms with van der Waals surface area (Å²) in [4.78, 5) is 12.2. The number of dihydropyridines is 1. The molecule has 0 bridgehead atoms. The molecule has 2 atom stereocenters. The van der Waals surface area contributed by atoms with Crippen LogP contribution in [0.3, 0.4) is 0 Å². The Labute approximate surface area is 196 Å². The van der Waals surface area contributed by atoms with Gasteiger partial charge in [0.2, 0.25) is 5.90 Å². The molecule has 33 heavy (non-hydrogen) atoms. The van der Waals surface area contributed by atoms with Crippen LogP contribution in [-0.2, 0) is 17.6 Å². The van der Waals surface area contributed by atoms with Crippen molar-refractivity contribution in [1.82, 2.24) is 9.88 Å². The number of aliphatic imine (C=N–C) groups is 1. The van der Waals surface area contributed by atoms with Crippen LogP contribution < -0.4 is 0 Å². The molecule has 2 fully saturated rings. The highest BCUT2D eigenvalue weighted by atomic mass is 16.5. The number of hydrogen-bond donors (Lipinski definition) is 0. The molecule has 1 aromatic heterocycles. The molecule has 3 aliphatic heterocycles. The van der Waals surface area contributed by atoms with Gasteiger partial charge < -0.3 is 4.74 Å². The Hall–Kier alpha value is -2.71. The predicted molar refractivity (Wildman–Crippen MR) is 130 cm³/mol. The van der Waals surface area contributed by atoms with E-state index in [2.05, 4.69) is 40.3 Å². The van der Waals surface area contributed by atoms with E-state index in [1.807, 2.05) is 12.4 Å². The summed E-state index contributed by atoms with van der Waals surface area (Å²) in [6.45, 7) is 3.07. The quantitative estimate of drug-likeness (QED) is 0.675. The van der Waals surface area contributed by atoms with Crippen LogP contribution in [0.15, 0.2) is 47.3 Å². The van der Waals surface area contributed by atoms with Gasteiger partial charge in [0.15, 0.2) is 0 Å². The van der Waals surface area contributed by atoms with Crippen molar-refractivity contribution in [1.29, 1.82) is 5.26 Å². The van der Waals surface area contributed by atoms with Gasteiger partial charge in [0.25, 0.3) is 0 Å². The molecule has 170 valence electrons. The average Bonchev–Trinajstić information content (AvgIpc) is 3.43. The summed E-state index contributed by atoms with van der Waals surface area (Å²) in [6.07, 6.45) is 23.1. The van der Waals surface area contributed by atoms with Crippen LogP contribution in [0.2, 0.25) is 0 Å². The van der Waals surface area contributed by atoms with E-state index in [1.54, 1.807) is 0 Å². The second kappa shape index (κ2) is 8.57. The Morgan fingerprint density at radius 1 is 1.09 bits per heavy atom. The van der Waals surface area contributed by atoms with Gasteiger partial charge in [0.1, 0.15) is 6.61 Å². The fourth-order valence-corrected chi connectivity index (χ4v) is 6.58. The van der Waals surface area contributed by atoms with Gasteiger partial charge in [0, 0.05) is 29.4 Å². The minimum atomic E-state index is 0.0163. The number of fused-ring (bicyclic) bond motifs is 3. The lowest BCUT2D eigenvalue weighted by atomic mass is 9.82. The first-order valence-corrected chi connectivity index (χ1v) is 12.7. The molecule has 5 heteroatoms.